The van der Waals surface area contributed by atoms with Crippen LogP contribution < -0.4 is 15.5 Å². The van der Waals surface area contributed by atoms with Gasteiger partial charge in [-0.25, -0.2) is 9.80 Å². The highest BCUT2D eigenvalue weighted by molar-refractivity contribution is 5.92. The van der Waals surface area contributed by atoms with E-state index in [1.54, 1.807) is 5.01 Å². The van der Waals surface area contributed by atoms with E-state index in [4.69, 9.17) is 9.47 Å². The van der Waals surface area contributed by atoms with Crippen LogP contribution in [0.3, 0.4) is 0 Å². The summed E-state index contributed by atoms with van der Waals surface area (Å²) >= 11 is 0. The molecule has 0 radical (unpaired) electrons. The highest BCUT2D eigenvalue weighted by Crippen LogP contribution is 2.28. The van der Waals surface area contributed by atoms with Crippen molar-refractivity contribution in [2.24, 2.45) is 0 Å². The van der Waals surface area contributed by atoms with Crippen LogP contribution >= 0.6 is 0 Å². The van der Waals surface area contributed by atoms with Gasteiger partial charge in [0, 0.05) is 25.1 Å². The highest BCUT2D eigenvalue weighted by atomic mass is 16.6. The molecule has 1 heterocycles. The van der Waals surface area contributed by atoms with Crippen molar-refractivity contribution in [3.05, 3.63) is 28.3 Å². The number of benzene rings is 1. The van der Waals surface area contributed by atoms with E-state index < -0.39 is 11.0 Å². The van der Waals surface area contributed by atoms with Crippen LogP contribution in [0, 0.1) is 10.1 Å². The molecular formula is C13H16N4O6. The summed E-state index contributed by atoms with van der Waals surface area (Å²) < 4.78 is 9.77. The zero-order valence-electron chi connectivity index (χ0n) is 12.4. The molecule has 1 saturated heterocycles. The van der Waals surface area contributed by atoms with Crippen molar-refractivity contribution >= 4 is 23.4 Å². The van der Waals surface area contributed by atoms with E-state index in [-0.39, 0.29) is 36.9 Å². The number of hydrogen-bond acceptors (Lipinski definition) is 7. The second kappa shape index (κ2) is 7.40. The number of methoxy groups -OCH3 is 1. The number of nitro benzene ring substituents is 1. The van der Waals surface area contributed by atoms with Gasteiger partial charge in [-0.2, -0.15) is 0 Å². The van der Waals surface area contributed by atoms with Crippen molar-refractivity contribution < 1.29 is 24.0 Å². The predicted molar refractivity (Wildman–Crippen MR) is 79.0 cm³/mol. The Morgan fingerprint density at radius 1 is 1.57 bits per heavy atom. The molecule has 23 heavy (non-hydrogen) atoms. The molecule has 2 rings (SSSR count). The fourth-order valence-corrected chi connectivity index (χ4v) is 1.99. The SMILES string of the molecule is COc1ccc([N+](=O)[O-])cc1NC(=O)CCN1CCOC(=O)N1. The maximum atomic E-state index is 12.0. The fourth-order valence-electron chi connectivity index (χ4n) is 1.99. The topological polar surface area (TPSA) is 123 Å². The standard InChI is InChI=1S/C13H16N4O6/c1-22-11-3-2-9(17(20)21)8-10(11)14-12(18)4-5-16-6-7-23-13(19)15-16/h2-3,8H,4-7H2,1H3,(H,14,18)(H,15,19). The zero-order valence-corrected chi connectivity index (χ0v) is 12.4. The predicted octanol–water partition coefficient (Wildman–Crippen LogP) is 0.889. The van der Waals surface area contributed by atoms with Crippen LogP contribution in [0.4, 0.5) is 16.2 Å². The third-order valence-electron chi connectivity index (χ3n) is 3.12. The average molecular weight is 324 g/mol. The monoisotopic (exact) mass is 324 g/mol. The first kappa shape index (κ1) is 16.5. The summed E-state index contributed by atoms with van der Waals surface area (Å²) in [5.41, 5.74) is 2.53. The molecule has 0 atom stereocenters. The van der Waals surface area contributed by atoms with Crippen LogP contribution in [0.2, 0.25) is 0 Å². The van der Waals surface area contributed by atoms with Crippen molar-refractivity contribution in [2.75, 3.05) is 32.1 Å². The molecule has 10 heteroatoms. The number of nitro groups is 1. The molecule has 1 aromatic rings. The van der Waals surface area contributed by atoms with E-state index in [9.17, 15) is 19.7 Å². The van der Waals surface area contributed by atoms with E-state index >= 15 is 0 Å². The molecule has 0 bridgehead atoms. The normalized spacial score (nSPS) is 14.6. The van der Waals surface area contributed by atoms with E-state index in [1.165, 1.54) is 25.3 Å². The summed E-state index contributed by atoms with van der Waals surface area (Å²) in [6.07, 6.45) is -0.469. The smallest absolute Gasteiger partial charge is 0.421 e. The Hall–Kier alpha value is -2.88. The summed E-state index contributed by atoms with van der Waals surface area (Å²) in [7, 11) is 1.40. The van der Waals surface area contributed by atoms with Gasteiger partial charge in [-0.15, -0.1) is 0 Å². The highest BCUT2D eigenvalue weighted by Gasteiger charge is 2.18. The van der Waals surface area contributed by atoms with Gasteiger partial charge >= 0.3 is 6.09 Å². The third-order valence-corrected chi connectivity index (χ3v) is 3.12. The summed E-state index contributed by atoms with van der Waals surface area (Å²) in [4.78, 5) is 33.3. The lowest BCUT2D eigenvalue weighted by Gasteiger charge is -2.26. The molecule has 1 aliphatic rings. The molecule has 1 fully saturated rings. The molecule has 2 N–H and O–H groups in total. The van der Waals surface area contributed by atoms with E-state index in [1.807, 2.05) is 0 Å². The summed E-state index contributed by atoms with van der Waals surface area (Å²) in [5.74, 6) is -0.0341. The number of ether oxygens (including phenoxy) is 2. The largest absolute Gasteiger partial charge is 0.495 e. The van der Waals surface area contributed by atoms with Gasteiger partial charge in [0.25, 0.3) is 5.69 Å². The average Bonchev–Trinajstić information content (AvgIpc) is 2.53. The number of non-ortho nitro benzene ring substituents is 1. The molecule has 0 spiro atoms. The number of hydrazine groups is 1. The minimum atomic E-state index is -0.558. The molecular weight excluding hydrogens is 308 g/mol. The van der Waals surface area contributed by atoms with Crippen LogP contribution in [0.1, 0.15) is 6.42 Å². The lowest BCUT2D eigenvalue weighted by atomic mass is 10.2. The van der Waals surface area contributed by atoms with Crippen LogP contribution in [-0.2, 0) is 9.53 Å². The Labute approximate surface area is 131 Å². The number of nitrogens with one attached hydrogen (secondary N) is 2. The Morgan fingerprint density at radius 2 is 2.35 bits per heavy atom. The molecule has 0 unspecified atom stereocenters. The molecule has 1 aromatic carbocycles. The van der Waals surface area contributed by atoms with Crippen molar-refractivity contribution in [2.45, 2.75) is 6.42 Å². The van der Waals surface area contributed by atoms with Gasteiger partial charge in [0.2, 0.25) is 5.91 Å². The summed E-state index contributed by atoms with van der Waals surface area (Å²) in [6.45, 7) is 1.02. The van der Waals surface area contributed by atoms with Gasteiger partial charge in [0.15, 0.2) is 0 Å². The lowest BCUT2D eigenvalue weighted by Crippen LogP contribution is -2.50. The maximum absolute atomic E-state index is 12.0. The Balaban J connectivity index is 1.95. The van der Waals surface area contributed by atoms with Gasteiger partial charge in [-0.3, -0.25) is 20.3 Å². The maximum Gasteiger partial charge on any atom is 0.421 e. The van der Waals surface area contributed by atoms with E-state index in [2.05, 4.69) is 10.7 Å². The van der Waals surface area contributed by atoms with Gasteiger partial charge < -0.3 is 14.8 Å². The van der Waals surface area contributed by atoms with Gasteiger partial charge in [0.1, 0.15) is 12.4 Å². The van der Waals surface area contributed by atoms with Crippen molar-refractivity contribution in [1.82, 2.24) is 10.4 Å². The summed E-state index contributed by atoms with van der Waals surface area (Å²) in [6, 6.07) is 3.93. The van der Waals surface area contributed by atoms with Gasteiger partial charge in [-0.1, -0.05) is 0 Å². The number of anilines is 1. The molecule has 0 aliphatic carbocycles. The van der Waals surface area contributed by atoms with Crippen LogP contribution in [0.15, 0.2) is 18.2 Å². The van der Waals surface area contributed by atoms with Crippen molar-refractivity contribution in [3.63, 3.8) is 0 Å². The van der Waals surface area contributed by atoms with Crippen LogP contribution in [0.5, 0.6) is 5.75 Å². The Bertz CT molecular complexity index is 620. The molecule has 124 valence electrons. The fraction of sp³-hybridized carbons (Fsp3) is 0.385. The molecule has 0 saturated carbocycles. The molecule has 2 amide bonds. The van der Waals surface area contributed by atoms with Gasteiger partial charge in [0.05, 0.1) is 24.3 Å². The minimum Gasteiger partial charge on any atom is -0.495 e. The number of carbonyl (C=O) groups is 2. The first-order valence-corrected chi connectivity index (χ1v) is 6.80. The number of amides is 2. The quantitative estimate of drug-likeness (QED) is 0.588. The first-order chi connectivity index (χ1) is 11.0. The number of carbonyl (C=O) groups excluding carboxylic acids is 2. The number of nitrogens with zero attached hydrogens (tertiary/aromatic N) is 2. The van der Waals surface area contributed by atoms with E-state index in [0.29, 0.717) is 12.3 Å². The molecule has 0 aromatic heterocycles. The van der Waals surface area contributed by atoms with Crippen LogP contribution in [-0.4, -0.2) is 48.7 Å². The second-order valence-corrected chi connectivity index (χ2v) is 4.67. The minimum absolute atomic E-state index is 0.0894. The van der Waals surface area contributed by atoms with Crippen molar-refractivity contribution in [1.29, 1.82) is 0 Å². The lowest BCUT2D eigenvalue weighted by molar-refractivity contribution is -0.384. The van der Waals surface area contributed by atoms with Gasteiger partial charge in [-0.05, 0) is 6.07 Å². The molecule has 10 nitrogen and oxygen atoms in total. The second-order valence-electron chi connectivity index (χ2n) is 4.67. The molecule has 1 aliphatic heterocycles. The first-order valence-electron chi connectivity index (χ1n) is 6.80. The van der Waals surface area contributed by atoms with E-state index in [0.717, 1.165) is 0 Å². The number of rotatable bonds is 6. The zero-order chi connectivity index (χ0) is 16.8. The van der Waals surface area contributed by atoms with Crippen molar-refractivity contribution in [3.8, 4) is 5.75 Å². The number of cyclic esters (lactones) is 1. The third kappa shape index (κ3) is 4.54. The Morgan fingerprint density at radius 3 is 3.00 bits per heavy atom. The Kier molecular flexibility index (Phi) is 5.31. The number of hydrogen-bond donors (Lipinski definition) is 2. The van der Waals surface area contributed by atoms with Crippen LogP contribution in [0.25, 0.3) is 0 Å². The summed E-state index contributed by atoms with van der Waals surface area (Å²) in [5, 5.41) is 14.9.